The Bertz CT molecular complexity index is 1500. The molecule has 0 bridgehead atoms. The number of aryl methyl sites for hydroxylation is 1. The third-order valence-corrected chi connectivity index (χ3v) is 7.05. The molecule has 2 aliphatic heterocycles. The highest BCUT2D eigenvalue weighted by atomic mass is 35.5. The minimum Gasteiger partial charge on any atom is -0.490 e. The normalized spacial score (nSPS) is 15.7. The van der Waals surface area contributed by atoms with Crippen molar-refractivity contribution < 1.29 is 19.0 Å². The van der Waals surface area contributed by atoms with E-state index in [1.165, 1.54) is 11.8 Å². The number of carbonyl (C=O) groups is 1. The quantitative estimate of drug-likeness (QED) is 0.229. The van der Waals surface area contributed by atoms with Crippen molar-refractivity contribution in [3.05, 3.63) is 99.4 Å². The first-order valence-corrected chi connectivity index (χ1v) is 13.6. The Morgan fingerprint density at radius 3 is 2.51 bits per heavy atom. The van der Waals surface area contributed by atoms with E-state index in [1.807, 2.05) is 73.9 Å². The maximum absolute atomic E-state index is 12.9. The Balaban J connectivity index is 1.35. The highest BCUT2D eigenvalue weighted by Gasteiger charge is 2.36. The summed E-state index contributed by atoms with van der Waals surface area (Å²) in [5.41, 5.74) is 3.64. The van der Waals surface area contributed by atoms with Crippen molar-refractivity contribution >= 4 is 52.0 Å². The number of halogens is 1. The van der Waals surface area contributed by atoms with E-state index in [4.69, 9.17) is 31.2 Å². The fraction of sp³-hybridized carbons (Fsp3) is 0.167. The van der Waals surface area contributed by atoms with Crippen LogP contribution in [0.5, 0.6) is 17.2 Å². The maximum Gasteiger partial charge on any atom is 0.283 e. The molecule has 0 spiro atoms. The second-order valence-electron chi connectivity index (χ2n) is 8.70. The predicted molar refractivity (Wildman–Crippen MR) is 157 cm³/mol. The van der Waals surface area contributed by atoms with Crippen LogP contribution in [0.15, 0.2) is 82.7 Å². The number of hydrogen-bond donors (Lipinski definition) is 1. The monoisotopic (exact) mass is 559 g/mol. The van der Waals surface area contributed by atoms with Gasteiger partial charge in [-0.3, -0.25) is 15.1 Å². The van der Waals surface area contributed by atoms with Crippen LogP contribution in [0.25, 0.3) is 11.8 Å². The molecule has 198 valence electrons. The fourth-order valence-corrected chi connectivity index (χ4v) is 5.26. The van der Waals surface area contributed by atoms with E-state index in [0.29, 0.717) is 40.5 Å². The van der Waals surface area contributed by atoms with Crippen LogP contribution in [-0.2, 0) is 4.79 Å². The summed E-state index contributed by atoms with van der Waals surface area (Å²) in [7, 11) is 0. The first-order valence-electron chi connectivity index (χ1n) is 12.4. The number of ether oxygens (including phenoxy) is 3. The van der Waals surface area contributed by atoms with E-state index in [1.54, 1.807) is 23.1 Å². The summed E-state index contributed by atoms with van der Waals surface area (Å²) in [4.78, 5) is 18.8. The number of hydrogen-bond acceptors (Lipinski definition) is 6. The SMILES string of the molecule is CCOc1cc(/C=C2/C(=N)N3C(c4ccccc4)=CSC3=NC2=O)cc(Cl)c1OCCOc1ccc(C)cc1. The van der Waals surface area contributed by atoms with Gasteiger partial charge in [-0.15, -0.1) is 0 Å². The fourth-order valence-electron chi connectivity index (χ4n) is 4.09. The highest BCUT2D eigenvalue weighted by molar-refractivity contribution is 8.17. The lowest BCUT2D eigenvalue weighted by Gasteiger charge is -2.27. The van der Waals surface area contributed by atoms with Crippen molar-refractivity contribution in [1.82, 2.24) is 4.90 Å². The molecule has 0 saturated heterocycles. The highest BCUT2D eigenvalue weighted by Crippen LogP contribution is 2.39. The summed E-state index contributed by atoms with van der Waals surface area (Å²) >= 11 is 7.93. The molecule has 0 radical (unpaired) electrons. The van der Waals surface area contributed by atoms with Crippen LogP contribution in [0.3, 0.4) is 0 Å². The number of rotatable bonds is 9. The van der Waals surface area contributed by atoms with Gasteiger partial charge >= 0.3 is 0 Å². The van der Waals surface area contributed by atoms with E-state index in [0.717, 1.165) is 22.6 Å². The van der Waals surface area contributed by atoms with Gasteiger partial charge < -0.3 is 14.2 Å². The van der Waals surface area contributed by atoms with Gasteiger partial charge in [0.15, 0.2) is 16.7 Å². The average molecular weight is 560 g/mol. The predicted octanol–water partition coefficient (Wildman–Crippen LogP) is 6.81. The Kier molecular flexibility index (Phi) is 8.05. The van der Waals surface area contributed by atoms with Crippen LogP contribution >= 0.6 is 23.4 Å². The van der Waals surface area contributed by atoms with Crippen LogP contribution in [-0.4, -0.2) is 41.6 Å². The molecule has 9 heteroatoms. The Labute approximate surface area is 236 Å². The standard InChI is InChI=1S/C30H26ClN3O4S/c1-3-36-26-17-20(16-24(31)27(26)38-14-13-37-22-11-9-19(2)10-12-22)15-23-28(32)34-25(21-7-5-4-6-8-21)18-39-30(34)33-29(23)35/h4-12,15-18,32H,3,13-14H2,1-2H3/b23-15-,32-28?. The lowest BCUT2D eigenvalue weighted by Crippen LogP contribution is -2.38. The number of nitrogens with zero attached hydrogens (tertiary/aromatic N) is 2. The molecule has 0 aliphatic carbocycles. The minimum absolute atomic E-state index is 0.0489. The van der Waals surface area contributed by atoms with Gasteiger partial charge in [-0.2, -0.15) is 4.99 Å². The van der Waals surface area contributed by atoms with E-state index in [-0.39, 0.29) is 18.0 Å². The maximum atomic E-state index is 12.9. The summed E-state index contributed by atoms with van der Waals surface area (Å²) < 4.78 is 17.5. The number of benzene rings is 3. The molecule has 0 saturated carbocycles. The van der Waals surface area contributed by atoms with Gasteiger partial charge in [-0.1, -0.05) is 71.4 Å². The number of fused-ring (bicyclic) bond motifs is 1. The van der Waals surface area contributed by atoms with Crippen molar-refractivity contribution in [3.63, 3.8) is 0 Å². The lowest BCUT2D eigenvalue weighted by molar-refractivity contribution is -0.114. The van der Waals surface area contributed by atoms with Gasteiger partial charge in [-0.05, 0) is 55.3 Å². The molecule has 5 rings (SSSR count). The van der Waals surface area contributed by atoms with Gasteiger partial charge in [-0.25, -0.2) is 0 Å². The molecule has 7 nitrogen and oxygen atoms in total. The molecular weight excluding hydrogens is 534 g/mol. The second-order valence-corrected chi connectivity index (χ2v) is 9.95. The minimum atomic E-state index is -0.482. The van der Waals surface area contributed by atoms with Crippen LogP contribution in [0, 0.1) is 12.3 Å². The van der Waals surface area contributed by atoms with Crippen LogP contribution < -0.4 is 14.2 Å². The third-order valence-electron chi connectivity index (χ3n) is 5.95. The first-order chi connectivity index (χ1) is 18.9. The van der Waals surface area contributed by atoms with Crippen molar-refractivity contribution in [2.24, 2.45) is 4.99 Å². The topological polar surface area (TPSA) is 84.2 Å². The summed E-state index contributed by atoms with van der Waals surface area (Å²) in [6, 6.07) is 20.9. The molecule has 39 heavy (non-hydrogen) atoms. The molecule has 0 fully saturated rings. The molecule has 0 atom stereocenters. The van der Waals surface area contributed by atoms with Crippen molar-refractivity contribution in [3.8, 4) is 17.2 Å². The van der Waals surface area contributed by atoms with E-state index in [9.17, 15) is 4.79 Å². The zero-order valence-electron chi connectivity index (χ0n) is 21.4. The zero-order valence-corrected chi connectivity index (χ0v) is 23.0. The summed E-state index contributed by atoms with van der Waals surface area (Å²) in [6.45, 7) is 4.86. The third kappa shape index (κ3) is 5.87. The van der Waals surface area contributed by atoms with Gasteiger partial charge in [0, 0.05) is 5.41 Å². The molecular formula is C30H26ClN3O4S. The largest absolute Gasteiger partial charge is 0.490 e. The second kappa shape index (κ2) is 11.8. The molecule has 2 heterocycles. The number of amidine groups is 2. The Morgan fingerprint density at radius 1 is 1.03 bits per heavy atom. The number of carbonyl (C=O) groups excluding carboxylic acids is 1. The molecule has 3 aromatic rings. The molecule has 2 aliphatic rings. The number of nitrogens with one attached hydrogen (secondary N) is 1. The molecule has 1 amide bonds. The molecule has 0 aromatic heterocycles. The van der Waals surface area contributed by atoms with Crippen LogP contribution in [0.1, 0.15) is 23.6 Å². The van der Waals surface area contributed by atoms with Crippen LogP contribution in [0.4, 0.5) is 0 Å². The summed E-state index contributed by atoms with van der Waals surface area (Å²) in [5.74, 6) is 1.16. The lowest BCUT2D eigenvalue weighted by atomic mass is 10.1. The van der Waals surface area contributed by atoms with Gasteiger partial charge in [0.1, 0.15) is 24.8 Å². The zero-order chi connectivity index (χ0) is 27.4. The Morgan fingerprint density at radius 2 is 1.77 bits per heavy atom. The van der Waals surface area contributed by atoms with Gasteiger partial charge in [0.2, 0.25) is 0 Å². The summed E-state index contributed by atoms with van der Waals surface area (Å²) in [6.07, 6.45) is 1.61. The van der Waals surface area contributed by atoms with Gasteiger partial charge in [0.05, 0.1) is 22.9 Å². The van der Waals surface area contributed by atoms with E-state index in [2.05, 4.69) is 4.99 Å². The Hall–Kier alpha value is -4.01. The van der Waals surface area contributed by atoms with Crippen LogP contribution in [0.2, 0.25) is 5.02 Å². The molecule has 0 unspecified atom stereocenters. The van der Waals surface area contributed by atoms with E-state index >= 15 is 0 Å². The average Bonchev–Trinajstić information content (AvgIpc) is 3.36. The smallest absolute Gasteiger partial charge is 0.283 e. The number of thioether (sulfide) groups is 1. The number of aliphatic imine (C=N–C) groups is 1. The van der Waals surface area contributed by atoms with Crippen molar-refractivity contribution in [1.29, 1.82) is 5.41 Å². The molecule has 1 N–H and O–H groups in total. The van der Waals surface area contributed by atoms with E-state index < -0.39 is 5.91 Å². The van der Waals surface area contributed by atoms with Gasteiger partial charge in [0.25, 0.3) is 5.91 Å². The number of amides is 1. The van der Waals surface area contributed by atoms with Crippen molar-refractivity contribution in [2.45, 2.75) is 13.8 Å². The summed E-state index contributed by atoms with van der Waals surface area (Å²) in [5, 5.41) is 11.5. The first kappa shape index (κ1) is 26.6. The van der Waals surface area contributed by atoms with Crippen molar-refractivity contribution in [2.75, 3.05) is 19.8 Å². The molecule has 3 aromatic carbocycles.